The van der Waals surface area contributed by atoms with Crippen molar-refractivity contribution in [3.63, 3.8) is 0 Å². The number of nitrogens with zero attached hydrogens (tertiary/aromatic N) is 2. The highest BCUT2D eigenvalue weighted by Crippen LogP contribution is 2.27. The molecule has 3 rings (SSSR count). The van der Waals surface area contributed by atoms with E-state index in [2.05, 4.69) is 27.5 Å². The van der Waals surface area contributed by atoms with Gasteiger partial charge in [0.25, 0.3) is 5.91 Å². The molecule has 146 valence electrons. The van der Waals surface area contributed by atoms with Crippen LogP contribution in [-0.4, -0.2) is 56.4 Å². The number of piperidine rings is 1. The Morgan fingerprint density at radius 3 is 2.89 bits per heavy atom. The summed E-state index contributed by atoms with van der Waals surface area (Å²) in [6.07, 6.45) is 2.15. The number of carbonyl (C=O) groups is 1. The van der Waals surface area contributed by atoms with Crippen LogP contribution < -0.4 is 10.1 Å². The number of amides is 1. The summed E-state index contributed by atoms with van der Waals surface area (Å²) in [5.74, 6) is 1.15. The van der Waals surface area contributed by atoms with Gasteiger partial charge in [-0.3, -0.25) is 9.69 Å². The molecule has 1 amide bonds. The lowest BCUT2D eigenvalue weighted by molar-refractivity contribution is 0.0900. The Bertz CT molecular complexity index is 729. The normalized spacial score (nSPS) is 17.6. The second kappa shape index (κ2) is 9.53. The summed E-state index contributed by atoms with van der Waals surface area (Å²) in [4.78, 5) is 14.5. The zero-order chi connectivity index (χ0) is 19.1. The minimum atomic E-state index is -0.253. The molecule has 0 unspecified atom stereocenters. The van der Waals surface area contributed by atoms with Crippen LogP contribution in [0.5, 0.6) is 5.75 Å². The van der Waals surface area contributed by atoms with Gasteiger partial charge in [0, 0.05) is 38.7 Å². The molecule has 2 heterocycles. The Hall–Kier alpha value is -2.38. The van der Waals surface area contributed by atoms with Crippen LogP contribution in [0.4, 0.5) is 0 Å². The molecule has 0 saturated carbocycles. The molecule has 1 aromatic heterocycles. The first-order valence-corrected chi connectivity index (χ1v) is 9.28. The number of benzene rings is 1. The van der Waals surface area contributed by atoms with Gasteiger partial charge in [0.05, 0.1) is 19.4 Å². The summed E-state index contributed by atoms with van der Waals surface area (Å²) >= 11 is 0. The molecule has 2 aromatic rings. The molecular weight excluding hydrogens is 346 g/mol. The van der Waals surface area contributed by atoms with Crippen LogP contribution in [0, 0.1) is 0 Å². The standard InChI is InChI=1S/C20H27N3O4/c1-25-11-9-21-20(24)19-12-18(22-27-19)16-4-3-10-23(14-16)13-15-5-7-17(26-2)8-6-15/h5-8,12,16H,3-4,9-11,13-14H2,1-2H3,(H,21,24)/t16-/m0/s1. The first kappa shape index (κ1) is 19.4. The molecule has 1 saturated heterocycles. The maximum Gasteiger partial charge on any atom is 0.289 e. The Balaban J connectivity index is 1.56. The van der Waals surface area contributed by atoms with Gasteiger partial charge < -0.3 is 19.3 Å². The number of likely N-dealkylation sites (tertiary alicyclic amines) is 1. The fraction of sp³-hybridized carbons (Fsp3) is 0.500. The summed E-state index contributed by atoms with van der Waals surface area (Å²) in [7, 11) is 3.27. The van der Waals surface area contributed by atoms with Gasteiger partial charge in [-0.1, -0.05) is 17.3 Å². The summed E-state index contributed by atoms with van der Waals surface area (Å²) in [6.45, 7) is 3.77. The third kappa shape index (κ3) is 5.30. The molecule has 1 aromatic carbocycles. The summed E-state index contributed by atoms with van der Waals surface area (Å²) in [6, 6.07) is 9.94. The minimum absolute atomic E-state index is 0.253. The fourth-order valence-electron chi connectivity index (χ4n) is 3.37. The van der Waals surface area contributed by atoms with E-state index in [1.54, 1.807) is 20.3 Å². The van der Waals surface area contributed by atoms with Gasteiger partial charge in [0.15, 0.2) is 0 Å². The van der Waals surface area contributed by atoms with Crippen LogP contribution in [0.3, 0.4) is 0 Å². The molecule has 0 radical (unpaired) electrons. The highest BCUT2D eigenvalue weighted by molar-refractivity contribution is 5.91. The third-order valence-electron chi connectivity index (χ3n) is 4.83. The number of ether oxygens (including phenoxy) is 2. The van der Waals surface area contributed by atoms with E-state index in [0.29, 0.717) is 13.2 Å². The molecule has 7 nitrogen and oxygen atoms in total. The van der Waals surface area contributed by atoms with Crippen molar-refractivity contribution < 1.29 is 18.8 Å². The summed E-state index contributed by atoms with van der Waals surface area (Å²) < 4.78 is 15.4. The van der Waals surface area contributed by atoms with Crippen molar-refractivity contribution in [1.29, 1.82) is 0 Å². The van der Waals surface area contributed by atoms with Crippen LogP contribution in [0.25, 0.3) is 0 Å². The van der Waals surface area contributed by atoms with E-state index >= 15 is 0 Å². The van der Waals surface area contributed by atoms with E-state index < -0.39 is 0 Å². The Morgan fingerprint density at radius 2 is 2.15 bits per heavy atom. The number of rotatable bonds is 8. The molecule has 1 atom stereocenters. The smallest absolute Gasteiger partial charge is 0.289 e. The van der Waals surface area contributed by atoms with E-state index in [4.69, 9.17) is 14.0 Å². The van der Waals surface area contributed by atoms with Gasteiger partial charge in [-0.15, -0.1) is 0 Å². The van der Waals surface area contributed by atoms with Crippen molar-refractivity contribution >= 4 is 5.91 Å². The van der Waals surface area contributed by atoms with Crippen molar-refractivity contribution in [2.45, 2.75) is 25.3 Å². The zero-order valence-corrected chi connectivity index (χ0v) is 15.9. The number of hydrogen-bond acceptors (Lipinski definition) is 6. The third-order valence-corrected chi connectivity index (χ3v) is 4.83. The van der Waals surface area contributed by atoms with Crippen LogP contribution in [0.15, 0.2) is 34.9 Å². The van der Waals surface area contributed by atoms with Crippen molar-refractivity contribution in [2.24, 2.45) is 0 Å². The quantitative estimate of drug-likeness (QED) is 0.716. The fourth-order valence-corrected chi connectivity index (χ4v) is 3.37. The minimum Gasteiger partial charge on any atom is -0.497 e. The molecular formula is C20H27N3O4. The second-order valence-electron chi connectivity index (χ2n) is 6.79. The van der Waals surface area contributed by atoms with Crippen LogP contribution in [0.1, 0.15) is 40.6 Å². The molecule has 0 aliphatic carbocycles. The zero-order valence-electron chi connectivity index (χ0n) is 15.9. The molecule has 1 N–H and O–H groups in total. The first-order chi connectivity index (χ1) is 13.2. The number of aromatic nitrogens is 1. The average Bonchev–Trinajstić information content (AvgIpc) is 3.19. The second-order valence-corrected chi connectivity index (χ2v) is 6.79. The molecule has 27 heavy (non-hydrogen) atoms. The number of carbonyl (C=O) groups excluding carboxylic acids is 1. The number of hydrogen-bond donors (Lipinski definition) is 1. The maximum absolute atomic E-state index is 12.1. The Labute approximate surface area is 159 Å². The molecule has 7 heteroatoms. The summed E-state index contributed by atoms with van der Waals surface area (Å²) in [5, 5.41) is 6.89. The molecule has 1 aliphatic rings. The van der Waals surface area contributed by atoms with Gasteiger partial charge >= 0.3 is 0 Å². The number of nitrogens with one attached hydrogen (secondary N) is 1. The van der Waals surface area contributed by atoms with Gasteiger partial charge in [-0.2, -0.15) is 0 Å². The molecule has 1 fully saturated rings. The van der Waals surface area contributed by atoms with Gasteiger partial charge in [0.2, 0.25) is 5.76 Å². The highest BCUT2D eigenvalue weighted by Gasteiger charge is 2.25. The topological polar surface area (TPSA) is 76.8 Å². The van der Waals surface area contributed by atoms with Crippen LogP contribution in [-0.2, 0) is 11.3 Å². The highest BCUT2D eigenvalue weighted by atomic mass is 16.5. The van der Waals surface area contributed by atoms with Crippen LogP contribution in [0.2, 0.25) is 0 Å². The van der Waals surface area contributed by atoms with Crippen molar-refractivity contribution in [3.05, 3.63) is 47.3 Å². The first-order valence-electron chi connectivity index (χ1n) is 9.28. The molecule has 0 bridgehead atoms. The average molecular weight is 373 g/mol. The Morgan fingerprint density at radius 1 is 1.33 bits per heavy atom. The lowest BCUT2D eigenvalue weighted by atomic mass is 9.94. The van der Waals surface area contributed by atoms with Crippen LogP contribution >= 0.6 is 0 Å². The molecule has 0 spiro atoms. The SMILES string of the molecule is COCCNC(=O)c1cc([C@H]2CCCN(Cc3ccc(OC)cc3)C2)no1. The number of methoxy groups -OCH3 is 2. The van der Waals surface area contributed by atoms with E-state index in [-0.39, 0.29) is 17.6 Å². The predicted molar refractivity (Wildman–Crippen MR) is 101 cm³/mol. The lowest BCUT2D eigenvalue weighted by Crippen LogP contribution is -2.34. The summed E-state index contributed by atoms with van der Waals surface area (Å²) in [5.41, 5.74) is 2.11. The van der Waals surface area contributed by atoms with Crippen molar-refractivity contribution in [1.82, 2.24) is 15.4 Å². The van der Waals surface area contributed by atoms with Gasteiger partial charge in [-0.25, -0.2) is 0 Å². The maximum atomic E-state index is 12.1. The van der Waals surface area contributed by atoms with Crippen molar-refractivity contribution in [3.8, 4) is 5.75 Å². The molecule has 1 aliphatic heterocycles. The van der Waals surface area contributed by atoms with E-state index in [9.17, 15) is 4.79 Å². The predicted octanol–water partition coefficient (Wildman–Crippen LogP) is 2.44. The Kier molecular flexibility index (Phi) is 6.84. The van der Waals surface area contributed by atoms with Crippen molar-refractivity contribution in [2.75, 3.05) is 40.5 Å². The lowest BCUT2D eigenvalue weighted by Gasteiger charge is -2.31. The van der Waals surface area contributed by atoms with E-state index in [1.165, 1.54) is 5.56 Å². The van der Waals surface area contributed by atoms with Gasteiger partial charge in [-0.05, 0) is 37.1 Å². The van der Waals surface area contributed by atoms with Gasteiger partial charge in [0.1, 0.15) is 5.75 Å². The van der Waals surface area contributed by atoms with E-state index in [0.717, 1.165) is 43.9 Å². The monoisotopic (exact) mass is 373 g/mol. The van der Waals surface area contributed by atoms with E-state index in [1.807, 2.05) is 12.1 Å². The largest absolute Gasteiger partial charge is 0.497 e.